The lowest BCUT2D eigenvalue weighted by molar-refractivity contribution is -0.143. The Hall–Kier alpha value is -2.17. The maximum atomic E-state index is 12.3. The maximum Gasteiger partial charge on any atom is 0.330 e. The van der Waals surface area contributed by atoms with Crippen molar-refractivity contribution in [3.8, 4) is 0 Å². The van der Waals surface area contributed by atoms with Crippen molar-refractivity contribution in [2.24, 2.45) is 5.92 Å². The summed E-state index contributed by atoms with van der Waals surface area (Å²) in [6, 6.07) is 5.79. The fourth-order valence-corrected chi connectivity index (χ4v) is 2.63. The van der Waals surface area contributed by atoms with Gasteiger partial charge >= 0.3 is 5.97 Å². The Kier molecular flexibility index (Phi) is 2.45. The normalized spacial score (nSPS) is 29.7. The Morgan fingerprint density at radius 2 is 1.53 bits per heavy atom. The van der Waals surface area contributed by atoms with Crippen LogP contribution in [-0.2, 0) is 9.53 Å². The summed E-state index contributed by atoms with van der Waals surface area (Å²) in [7, 11) is 0. The predicted molar refractivity (Wildman–Crippen MR) is 65.4 cm³/mol. The number of cyclic esters (lactones) is 1. The number of esters is 1. The highest BCUT2D eigenvalue weighted by Gasteiger charge is 2.50. The molecule has 0 spiro atoms. The van der Waals surface area contributed by atoms with Crippen molar-refractivity contribution in [3.05, 3.63) is 35.4 Å². The second kappa shape index (κ2) is 3.91. The van der Waals surface area contributed by atoms with Gasteiger partial charge in [0.2, 0.25) is 0 Å². The van der Waals surface area contributed by atoms with Gasteiger partial charge in [-0.15, -0.1) is 0 Å². The van der Waals surface area contributed by atoms with E-state index in [-0.39, 0.29) is 12.0 Å². The van der Waals surface area contributed by atoms with Gasteiger partial charge in [0.1, 0.15) is 12.1 Å². The lowest BCUT2D eigenvalue weighted by atomic mass is 9.99. The molecule has 1 fully saturated rings. The van der Waals surface area contributed by atoms with E-state index in [0.29, 0.717) is 11.1 Å². The van der Waals surface area contributed by atoms with Gasteiger partial charge in [-0.25, -0.2) is 4.79 Å². The van der Waals surface area contributed by atoms with E-state index in [9.17, 15) is 14.4 Å². The van der Waals surface area contributed by atoms with Gasteiger partial charge in [0, 0.05) is 5.92 Å². The van der Waals surface area contributed by atoms with E-state index < -0.39 is 23.8 Å². The molecular formula is C14H13NO4. The SMILES string of the molecule is C[C@H]1[C@H](N2C(=O)c3ccccc3C2=O)C(=O)O[C@@H]1C. The first-order valence-electron chi connectivity index (χ1n) is 6.20. The predicted octanol–water partition coefficient (Wildman–Crippen LogP) is 1.23. The Morgan fingerprint density at radius 3 is 1.95 bits per heavy atom. The lowest BCUT2D eigenvalue weighted by Crippen LogP contribution is -2.46. The molecule has 5 heteroatoms. The highest BCUT2D eigenvalue weighted by molar-refractivity contribution is 6.22. The standard InChI is InChI=1S/C14H13NO4/c1-7-8(2)19-14(18)11(7)15-12(16)9-5-3-4-6-10(9)13(15)17/h3-8,11H,1-2H3/t7-,8-,11+/m1/s1. The molecule has 0 aromatic heterocycles. The minimum Gasteiger partial charge on any atom is -0.461 e. The van der Waals surface area contributed by atoms with Crippen LogP contribution < -0.4 is 0 Å². The van der Waals surface area contributed by atoms with Crippen LogP contribution in [0.4, 0.5) is 0 Å². The molecule has 0 bridgehead atoms. The first-order valence-corrected chi connectivity index (χ1v) is 6.20. The number of carbonyl (C=O) groups is 3. The van der Waals surface area contributed by atoms with E-state index in [1.807, 2.05) is 6.92 Å². The molecule has 1 aromatic carbocycles. The molecule has 3 atom stereocenters. The van der Waals surface area contributed by atoms with Crippen molar-refractivity contribution in [1.29, 1.82) is 0 Å². The first kappa shape index (κ1) is 11.9. The summed E-state index contributed by atoms with van der Waals surface area (Å²) in [6.45, 7) is 3.57. The van der Waals surface area contributed by atoms with Crippen LogP contribution in [0.1, 0.15) is 34.6 Å². The summed E-state index contributed by atoms with van der Waals surface area (Å²) in [5, 5.41) is 0. The molecule has 2 aliphatic heterocycles. The third kappa shape index (κ3) is 1.51. The minimum atomic E-state index is -0.817. The van der Waals surface area contributed by atoms with Gasteiger partial charge < -0.3 is 4.74 Å². The number of benzene rings is 1. The lowest BCUT2D eigenvalue weighted by Gasteiger charge is -2.22. The molecule has 1 saturated heterocycles. The third-order valence-electron chi connectivity index (χ3n) is 3.89. The van der Waals surface area contributed by atoms with Crippen LogP contribution >= 0.6 is 0 Å². The number of rotatable bonds is 1. The number of fused-ring (bicyclic) bond motifs is 1. The second-order valence-electron chi connectivity index (χ2n) is 4.97. The Labute approximate surface area is 110 Å². The zero-order valence-corrected chi connectivity index (χ0v) is 10.6. The molecule has 5 nitrogen and oxygen atoms in total. The van der Waals surface area contributed by atoms with Crippen LogP contribution in [0.15, 0.2) is 24.3 Å². The third-order valence-corrected chi connectivity index (χ3v) is 3.89. The van der Waals surface area contributed by atoms with E-state index in [1.54, 1.807) is 31.2 Å². The fraction of sp³-hybridized carbons (Fsp3) is 0.357. The van der Waals surface area contributed by atoms with Gasteiger partial charge in [-0.05, 0) is 19.1 Å². The molecule has 0 saturated carbocycles. The largest absolute Gasteiger partial charge is 0.461 e. The Bertz CT molecular complexity index is 560. The molecule has 19 heavy (non-hydrogen) atoms. The van der Waals surface area contributed by atoms with E-state index in [2.05, 4.69) is 0 Å². The van der Waals surface area contributed by atoms with Crippen LogP contribution in [0.5, 0.6) is 0 Å². The number of ether oxygens (including phenoxy) is 1. The zero-order chi connectivity index (χ0) is 13.7. The Morgan fingerprint density at radius 1 is 1.00 bits per heavy atom. The molecule has 98 valence electrons. The smallest absolute Gasteiger partial charge is 0.330 e. The topological polar surface area (TPSA) is 63.7 Å². The van der Waals surface area contributed by atoms with Crippen LogP contribution in [0.25, 0.3) is 0 Å². The molecular weight excluding hydrogens is 246 g/mol. The zero-order valence-electron chi connectivity index (χ0n) is 10.6. The quantitative estimate of drug-likeness (QED) is 0.562. The fourth-order valence-electron chi connectivity index (χ4n) is 2.63. The molecule has 2 amide bonds. The minimum absolute atomic E-state index is 0.199. The maximum absolute atomic E-state index is 12.3. The van der Waals surface area contributed by atoms with Gasteiger partial charge in [-0.2, -0.15) is 0 Å². The van der Waals surface area contributed by atoms with Gasteiger partial charge in [0.05, 0.1) is 11.1 Å². The van der Waals surface area contributed by atoms with Gasteiger partial charge in [-0.1, -0.05) is 19.1 Å². The highest BCUT2D eigenvalue weighted by Crippen LogP contribution is 2.32. The van der Waals surface area contributed by atoms with Crippen molar-refractivity contribution in [2.45, 2.75) is 26.0 Å². The van der Waals surface area contributed by atoms with Crippen molar-refractivity contribution in [3.63, 3.8) is 0 Å². The first-order chi connectivity index (χ1) is 9.02. The molecule has 0 aliphatic carbocycles. The van der Waals surface area contributed by atoms with Gasteiger partial charge in [0.25, 0.3) is 11.8 Å². The summed E-state index contributed by atoms with van der Waals surface area (Å²) in [5.41, 5.74) is 0.708. The monoisotopic (exact) mass is 259 g/mol. The van der Waals surface area contributed by atoms with Gasteiger partial charge in [0.15, 0.2) is 0 Å². The molecule has 1 aromatic rings. The number of nitrogens with zero attached hydrogens (tertiary/aromatic N) is 1. The van der Waals surface area contributed by atoms with Crippen LogP contribution in [0, 0.1) is 5.92 Å². The molecule has 0 unspecified atom stereocenters. The van der Waals surface area contributed by atoms with Crippen LogP contribution in [0.2, 0.25) is 0 Å². The Balaban J connectivity index is 2.03. The molecule has 3 rings (SSSR count). The van der Waals surface area contributed by atoms with E-state index in [1.165, 1.54) is 0 Å². The average Bonchev–Trinajstić information content (AvgIpc) is 2.78. The average molecular weight is 259 g/mol. The van der Waals surface area contributed by atoms with Crippen molar-refractivity contribution >= 4 is 17.8 Å². The van der Waals surface area contributed by atoms with Crippen molar-refractivity contribution < 1.29 is 19.1 Å². The molecule has 2 aliphatic rings. The summed E-state index contributed by atoms with van der Waals surface area (Å²) in [5.74, 6) is -1.53. The van der Waals surface area contributed by atoms with Crippen LogP contribution in [0.3, 0.4) is 0 Å². The highest BCUT2D eigenvalue weighted by atomic mass is 16.6. The van der Waals surface area contributed by atoms with Crippen molar-refractivity contribution in [2.75, 3.05) is 0 Å². The summed E-state index contributed by atoms with van der Waals surface area (Å²) in [4.78, 5) is 37.5. The molecule has 0 N–H and O–H groups in total. The number of amides is 2. The number of hydrogen-bond donors (Lipinski definition) is 0. The van der Waals surface area contributed by atoms with Crippen molar-refractivity contribution in [1.82, 2.24) is 4.90 Å². The van der Waals surface area contributed by atoms with E-state index >= 15 is 0 Å². The summed E-state index contributed by atoms with van der Waals surface area (Å²) >= 11 is 0. The number of hydrogen-bond acceptors (Lipinski definition) is 4. The van der Waals surface area contributed by atoms with Gasteiger partial charge in [-0.3, -0.25) is 14.5 Å². The molecule has 0 radical (unpaired) electrons. The van der Waals surface area contributed by atoms with E-state index in [4.69, 9.17) is 4.74 Å². The summed E-state index contributed by atoms with van der Waals surface area (Å²) < 4.78 is 5.11. The van der Waals surface area contributed by atoms with E-state index in [0.717, 1.165) is 4.90 Å². The second-order valence-corrected chi connectivity index (χ2v) is 4.97. The van der Waals surface area contributed by atoms with Crippen LogP contribution in [-0.4, -0.2) is 34.8 Å². The number of carbonyl (C=O) groups excluding carboxylic acids is 3. The number of imide groups is 1. The molecule has 2 heterocycles. The summed E-state index contributed by atoms with van der Waals surface area (Å²) in [6.07, 6.45) is -0.290.